The van der Waals surface area contributed by atoms with E-state index in [1.165, 1.54) is 16.7 Å². The number of fused-ring (bicyclic) bond motifs is 1. The van der Waals surface area contributed by atoms with Gasteiger partial charge in [0.1, 0.15) is 6.10 Å². The van der Waals surface area contributed by atoms with Gasteiger partial charge in [0.25, 0.3) is 11.8 Å². The lowest BCUT2D eigenvalue weighted by Gasteiger charge is -2.38. The molecule has 0 saturated carbocycles. The van der Waals surface area contributed by atoms with Crippen LogP contribution in [-0.2, 0) is 22.5 Å². The van der Waals surface area contributed by atoms with E-state index in [-0.39, 0.29) is 17.9 Å². The summed E-state index contributed by atoms with van der Waals surface area (Å²) >= 11 is 0. The molecule has 0 radical (unpaired) electrons. The first-order valence-corrected chi connectivity index (χ1v) is 10.8. The number of piperazine rings is 1. The fourth-order valence-corrected chi connectivity index (χ4v) is 4.41. The van der Waals surface area contributed by atoms with E-state index in [9.17, 15) is 9.59 Å². The molecule has 156 valence electrons. The number of nitrogens with one attached hydrogen (secondary N) is 1. The standard InChI is InChI=1S/C24H27N3O3/c28-23(26-10-12-27(13-11-26)24(29)22-8-14-30-22)18-3-1-17(2-4-18)19-5-6-21-16-25-9-7-20(21)15-19/h1-6,15,22,25H,7-14,16H2. The molecule has 0 spiro atoms. The minimum atomic E-state index is -0.264. The monoisotopic (exact) mass is 405 g/mol. The maximum absolute atomic E-state index is 12.9. The summed E-state index contributed by atoms with van der Waals surface area (Å²) in [7, 11) is 0. The predicted molar refractivity (Wildman–Crippen MR) is 114 cm³/mol. The molecule has 5 rings (SSSR count). The Balaban J connectivity index is 1.22. The van der Waals surface area contributed by atoms with E-state index in [0.717, 1.165) is 31.5 Å². The van der Waals surface area contributed by atoms with Gasteiger partial charge in [-0.3, -0.25) is 9.59 Å². The molecule has 1 N–H and O–H groups in total. The van der Waals surface area contributed by atoms with Gasteiger partial charge >= 0.3 is 0 Å². The molecule has 0 aromatic heterocycles. The lowest BCUT2D eigenvalue weighted by molar-refractivity contribution is -0.157. The van der Waals surface area contributed by atoms with Crippen LogP contribution in [0.5, 0.6) is 0 Å². The quantitative estimate of drug-likeness (QED) is 0.849. The van der Waals surface area contributed by atoms with Gasteiger partial charge < -0.3 is 19.9 Å². The van der Waals surface area contributed by atoms with E-state index in [1.807, 2.05) is 34.1 Å². The molecule has 1 unspecified atom stereocenters. The number of ether oxygens (including phenoxy) is 1. The Morgan fingerprint density at radius 3 is 2.30 bits per heavy atom. The predicted octanol–water partition coefficient (Wildman–Crippen LogP) is 2.07. The third-order valence-electron chi connectivity index (χ3n) is 6.41. The van der Waals surface area contributed by atoms with E-state index in [4.69, 9.17) is 4.74 Å². The van der Waals surface area contributed by atoms with Crippen LogP contribution in [0, 0.1) is 0 Å². The number of nitrogens with zero attached hydrogens (tertiary/aromatic N) is 2. The van der Waals surface area contributed by atoms with Crippen molar-refractivity contribution in [3.8, 4) is 11.1 Å². The maximum atomic E-state index is 12.9. The van der Waals surface area contributed by atoms with Crippen LogP contribution in [0.3, 0.4) is 0 Å². The molecule has 3 heterocycles. The molecule has 2 fully saturated rings. The number of amides is 2. The number of rotatable bonds is 3. The van der Waals surface area contributed by atoms with Crippen LogP contribution in [0.4, 0.5) is 0 Å². The lowest BCUT2D eigenvalue weighted by Crippen LogP contribution is -2.54. The molecular formula is C24H27N3O3. The van der Waals surface area contributed by atoms with Crippen molar-refractivity contribution in [1.29, 1.82) is 0 Å². The Bertz CT molecular complexity index is 945. The summed E-state index contributed by atoms with van der Waals surface area (Å²) in [5.74, 6) is 0.101. The topological polar surface area (TPSA) is 61.9 Å². The van der Waals surface area contributed by atoms with Gasteiger partial charge in [-0.25, -0.2) is 0 Å². The van der Waals surface area contributed by atoms with Gasteiger partial charge in [0.05, 0.1) is 6.61 Å². The fraction of sp³-hybridized carbons (Fsp3) is 0.417. The summed E-state index contributed by atoms with van der Waals surface area (Å²) in [6.45, 7) is 4.92. The molecular weight excluding hydrogens is 378 g/mol. The zero-order valence-electron chi connectivity index (χ0n) is 17.1. The molecule has 6 nitrogen and oxygen atoms in total. The summed E-state index contributed by atoms with van der Waals surface area (Å²) in [4.78, 5) is 28.9. The van der Waals surface area contributed by atoms with E-state index in [0.29, 0.717) is 38.3 Å². The van der Waals surface area contributed by atoms with Crippen molar-refractivity contribution in [1.82, 2.24) is 15.1 Å². The highest BCUT2D eigenvalue weighted by molar-refractivity contribution is 5.95. The molecule has 1 atom stereocenters. The van der Waals surface area contributed by atoms with Crippen LogP contribution in [0.2, 0.25) is 0 Å². The number of carbonyl (C=O) groups excluding carboxylic acids is 2. The first-order valence-electron chi connectivity index (χ1n) is 10.8. The van der Waals surface area contributed by atoms with Crippen LogP contribution >= 0.6 is 0 Å². The molecule has 2 saturated heterocycles. The largest absolute Gasteiger partial charge is 0.368 e. The highest BCUT2D eigenvalue weighted by Gasteiger charge is 2.33. The molecule has 6 heteroatoms. The number of benzene rings is 2. The summed E-state index contributed by atoms with van der Waals surface area (Å²) in [6, 6.07) is 14.5. The Kier molecular flexibility index (Phi) is 5.27. The Morgan fingerprint density at radius 2 is 1.60 bits per heavy atom. The second-order valence-electron chi connectivity index (χ2n) is 8.25. The summed E-state index contributed by atoms with van der Waals surface area (Å²) in [5.41, 5.74) is 5.80. The van der Waals surface area contributed by atoms with Gasteiger partial charge in [-0.1, -0.05) is 30.3 Å². The summed E-state index contributed by atoms with van der Waals surface area (Å²) in [5, 5.41) is 3.40. The smallest absolute Gasteiger partial charge is 0.253 e. The average molecular weight is 405 g/mol. The van der Waals surface area contributed by atoms with Crippen molar-refractivity contribution < 1.29 is 14.3 Å². The van der Waals surface area contributed by atoms with Gasteiger partial charge in [0.2, 0.25) is 0 Å². The first-order chi connectivity index (χ1) is 14.7. The third-order valence-corrected chi connectivity index (χ3v) is 6.41. The molecule has 3 aliphatic heterocycles. The highest BCUT2D eigenvalue weighted by atomic mass is 16.5. The second kappa shape index (κ2) is 8.20. The van der Waals surface area contributed by atoms with Crippen molar-refractivity contribution in [2.45, 2.75) is 25.5 Å². The minimum absolute atomic E-state index is 0.0325. The normalized spacial score (nSPS) is 21.0. The molecule has 30 heavy (non-hydrogen) atoms. The van der Waals surface area contributed by atoms with Crippen molar-refractivity contribution in [2.24, 2.45) is 0 Å². The number of hydrogen-bond acceptors (Lipinski definition) is 4. The SMILES string of the molecule is O=C(c1ccc(-c2ccc3c(c2)CCNC3)cc1)N1CCN(C(=O)C2CCO2)CC1. The van der Waals surface area contributed by atoms with E-state index in [1.54, 1.807) is 0 Å². The minimum Gasteiger partial charge on any atom is -0.368 e. The van der Waals surface area contributed by atoms with Crippen LogP contribution < -0.4 is 5.32 Å². The van der Waals surface area contributed by atoms with E-state index in [2.05, 4.69) is 23.5 Å². The van der Waals surface area contributed by atoms with Gasteiger partial charge in [-0.05, 0) is 47.4 Å². The first kappa shape index (κ1) is 19.3. The highest BCUT2D eigenvalue weighted by Crippen LogP contribution is 2.25. The zero-order chi connectivity index (χ0) is 20.5. The molecule has 3 aliphatic rings. The van der Waals surface area contributed by atoms with Gasteiger partial charge in [0, 0.05) is 44.7 Å². The Hall–Kier alpha value is -2.70. The Labute approximate surface area is 176 Å². The molecule has 2 aromatic carbocycles. The molecule has 0 aliphatic carbocycles. The summed E-state index contributed by atoms with van der Waals surface area (Å²) in [6.07, 6.45) is 1.60. The molecule has 2 aromatic rings. The lowest BCUT2D eigenvalue weighted by atomic mass is 9.95. The van der Waals surface area contributed by atoms with Gasteiger partial charge in [-0.15, -0.1) is 0 Å². The van der Waals surface area contributed by atoms with Crippen LogP contribution in [0.15, 0.2) is 42.5 Å². The van der Waals surface area contributed by atoms with E-state index >= 15 is 0 Å². The summed E-state index contributed by atoms with van der Waals surface area (Å²) < 4.78 is 5.29. The van der Waals surface area contributed by atoms with Gasteiger partial charge in [0.15, 0.2) is 0 Å². The van der Waals surface area contributed by atoms with Crippen molar-refractivity contribution in [3.63, 3.8) is 0 Å². The van der Waals surface area contributed by atoms with Crippen molar-refractivity contribution in [2.75, 3.05) is 39.3 Å². The maximum Gasteiger partial charge on any atom is 0.253 e. The van der Waals surface area contributed by atoms with Crippen LogP contribution in [0.25, 0.3) is 11.1 Å². The second-order valence-corrected chi connectivity index (χ2v) is 8.25. The van der Waals surface area contributed by atoms with Crippen LogP contribution in [-0.4, -0.2) is 67.0 Å². The van der Waals surface area contributed by atoms with Crippen molar-refractivity contribution >= 4 is 11.8 Å². The average Bonchev–Trinajstić information content (AvgIpc) is 2.77. The third kappa shape index (κ3) is 3.73. The molecule has 0 bridgehead atoms. The zero-order valence-corrected chi connectivity index (χ0v) is 17.1. The number of hydrogen-bond donors (Lipinski definition) is 1. The van der Waals surface area contributed by atoms with E-state index < -0.39 is 0 Å². The van der Waals surface area contributed by atoms with Crippen LogP contribution in [0.1, 0.15) is 27.9 Å². The Morgan fingerprint density at radius 1 is 0.900 bits per heavy atom. The molecule has 2 amide bonds. The fourth-order valence-electron chi connectivity index (χ4n) is 4.41. The van der Waals surface area contributed by atoms with Crippen molar-refractivity contribution in [3.05, 3.63) is 59.2 Å². The van der Waals surface area contributed by atoms with Gasteiger partial charge in [-0.2, -0.15) is 0 Å². The number of carbonyl (C=O) groups is 2.